The van der Waals surface area contributed by atoms with E-state index in [1.54, 1.807) is 0 Å². The molecule has 0 bridgehead atoms. The van der Waals surface area contributed by atoms with Crippen molar-refractivity contribution in [2.45, 2.75) is 6.42 Å². The van der Waals surface area contributed by atoms with Crippen LogP contribution in [0.15, 0.2) is 121 Å². The van der Waals surface area contributed by atoms with Gasteiger partial charge < -0.3 is 0 Å². The molecule has 0 N–H and O–H groups in total. The summed E-state index contributed by atoms with van der Waals surface area (Å²) in [5.74, 6) is 0.923. The summed E-state index contributed by atoms with van der Waals surface area (Å²) in [5.41, 5.74) is 0. The van der Waals surface area contributed by atoms with Crippen molar-refractivity contribution in [2.75, 3.05) is 12.8 Å². The fourth-order valence-corrected chi connectivity index (χ4v) is 11.8. The summed E-state index contributed by atoms with van der Waals surface area (Å²) in [6.07, 6.45) is 1.92. The minimum atomic E-state index is -2.84. The van der Waals surface area contributed by atoms with Gasteiger partial charge >= 0.3 is 188 Å². The molecule has 4 aromatic rings. The quantitative estimate of drug-likeness (QED) is 0.214. The van der Waals surface area contributed by atoms with E-state index in [2.05, 4.69) is 106 Å². The molecule has 4 aromatic carbocycles. The van der Waals surface area contributed by atoms with Gasteiger partial charge in [0.15, 0.2) is 0 Å². The maximum absolute atomic E-state index is 6.05. The Balaban J connectivity index is 1.77. The van der Waals surface area contributed by atoms with E-state index < -0.39 is 5.31 Å². The van der Waals surface area contributed by atoms with Crippen molar-refractivity contribution >= 4 is 36.7 Å². The molecule has 0 aromatic heterocycles. The Labute approximate surface area is 187 Å². The summed E-state index contributed by atoms with van der Waals surface area (Å²) in [4.78, 5) is 0. The minimum absolute atomic E-state index is 0.681. The van der Waals surface area contributed by atoms with Crippen LogP contribution in [0, 0.1) is 0 Å². The summed E-state index contributed by atoms with van der Waals surface area (Å²) in [6, 6.07) is 42.8. The average Bonchev–Trinajstić information content (AvgIpc) is 2.84. The van der Waals surface area contributed by atoms with Gasteiger partial charge in [0.05, 0.1) is 0 Å². The predicted molar refractivity (Wildman–Crippen MR) is 135 cm³/mol. The van der Waals surface area contributed by atoms with Crippen LogP contribution in [0.5, 0.6) is 5.75 Å². The van der Waals surface area contributed by atoms with Gasteiger partial charge in [0.2, 0.25) is 0 Å². The molecule has 0 fully saturated rings. The van der Waals surface area contributed by atoms with E-state index in [4.69, 9.17) is 4.74 Å². The zero-order valence-corrected chi connectivity index (χ0v) is 19.4. The maximum atomic E-state index is 6.05. The van der Waals surface area contributed by atoms with Crippen LogP contribution < -0.4 is 20.7 Å². The van der Waals surface area contributed by atoms with Crippen LogP contribution in [0.2, 0.25) is 0 Å². The fourth-order valence-electron chi connectivity index (χ4n) is 4.12. The van der Waals surface area contributed by atoms with Gasteiger partial charge in [-0.2, -0.15) is 0 Å². The van der Waals surface area contributed by atoms with Gasteiger partial charge in [-0.1, -0.05) is 0 Å². The van der Waals surface area contributed by atoms with Crippen LogP contribution in [0.1, 0.15) is 6.42 Å². The fraction of sp³-hybridized carbons (Fsp3) is 0.111. The van der Waals surface area contributed by atoms with Crippen molar-refractivity contribution in [3.8, 4) is 5.75 Å². The van der Waals surface area contributed by atoms with Gasteiger partial charge in [0.1, 0.15) is 0 Å². The topological polar surface area (TPSA) is 9.23 Å². The molecule has 0 radical (unpaired) electrons. The number of hydrogen-bond acceptors (Lipinski definition) is 1. The second-order valence-corrected chi connectivity index (χ2v) is 16.5. The Bertz CT molecular complexity index is 954. The molecule has 0 spiro atoms. The van der Waals surface area contributed by atoms with Gasteiger partial charge in [-0.15, -0.1) is 0 Å². The third-order valence-electron chi connectivity index (χ3n) is 5.62. The molecule has 0 aliphatic rings. The zero-order valence-electron chi connectivity index (χ0n) is 16.9. The Morgan fingerprint density at radius 2 is 0.900 bits per heavy atom. The van der Waals surface area contributed by atoms with Crippen LogP contribution in [-0.2, 0) is 0 Å². The molecule has 1 nitrogen and oxygen atoms in total. The second-order valence-electron chi connectivity index (χ2n) is 7.43. The van der Waals surface area contributed by atoms with Crippen molar-refractivity contribution in [1.82, 2.24) is 0 Å². The van der Waals surface area contributed by atoms with Crippen molar-refractivity contribution in [1.29, 1.82) is 0 Å². The number of hydrogen-bond donors (Lipinski definition) is 0. The molecule has 152 valence electrons. The Morgan fingerprint density at radius 3 is 1.30 bits per heavy atom. The molecule has 0 unspecified atom stereocenters. The van der Waals surface area contributed by atoms with Crippen LogP contribution in [0.4, 0.5) is 0 Å². The van der Waals surface area contributed by atoms with Gasteiger partial charge in [-0.3, -0.25) is 0 Å². The van der Waals surface area contributed by atoms with Crippen LogP contribution >= 0.6 is 20.8 Å². The predicted octanol–water partition coefficient (Wildman–Crippen LogP) is 6.30. The molecule has 0 heterocycles. The first-order valence-corrected chi connectivity index (χ1v) is 14.7. The van der Waals surface area contributed by atoms with Gasteiger partial charge in [-0.05, 0) is 0 Å². The molecule has 0 saturated carbocycles. The summed E-state index contributed by atoms with van der Waals surface area (Å²) in [6.45, 7) is 0.681. The number of benzene rings is 4. The molecule has 4 rings (SSSR count). The van der Waals surface area contributed by atoms with Crippen LogP contribution in [0.25, 0.3) is 0 Å². The Kier molecular flexibility index (Phi) is 6.37. The van der Waals surface area contributed by atoms with Gasteiger partial charge in [-0.25, -0.2) is 0 Å². The van der Waals surface area contributed by atoms with Crippen molar-refractivity contribution < 1.29 is 4.74 Å². The number of ether oxygens (including phenoxy) is 1. The molecule has 0 aliphatic carbocycles. The summed E-state index contributed by atoms with van der Waals surface area (Å²) >= 11 is 4.48. The third kappa shape index (κ3) is 3.95. The third-order valence-corrected chi connectivity index (χ3v) is 15.6. The molecular formula is C27H26BrOP. The average molecular weight is 477 g/mol. The Hall–Kier alpha value is -2.41. The molecule has 0 atom stereocenters. The number of halogens is 1. The van der Waals surface area contributed by atoms with E-state index >= 15 is 0 Å². The van der Waals surface area contributed by atoms with Gasteiger partial charge in [0.25, 0.3) is 0 Å². The molecule has 0 saturated heterocycles. The van der Waals surface area contributed by atoms with E-state index in [1.807, 2.05) is 30.3 Å². The monoisotopic (exact) mass is 476 g/mol. The van der Waals surface area contributed by atoms with Gasteiger partial charge in [0, 0.05) is 0 Å². The number of rotatable bonds is 8. The first kappa shape index (κ1) is 20.8. The Morgan fingerprint density at radius 1 is 0.533 bits per heavy atom. The molecule has 30 heavy (non-hydrogen) atoms. The summed E-state index contributed by atoms with van der Waals surface area (Å²) in [5, 5.41) is 1.20. The van der Waals surface area contributed by atoms with Crippen LogP contribution in [-0.4, -0.2) is 12.8 Å². The zero-order chi connectivity index (χ0) is 20.7. The first-order valence-electron chi connectivity index (χ1n) is 10.3. The summed E-state index contributed by atoms with van der Waals surface area (Å²) in [7, 11) is 0. The molecule has 0 amide bonds. The molecule has 0 aliphatic heterocycles. The van der Waals surface area contributed by atoms with E-state index in [1.165, 1.54) is 15.9 Å². The first-order chi connectivity index (χ1) is 14.7. The normalized spacial score (nSPS) is 12.6. The van der Waals surface area contributed by atoms with Crippen LogP contribution in [0.3, 0.4) is 0 Å². The van der Waals surface area contributed by atoms with Crippen molar-refractivity contribution in [2.24, 2.45) is 0 Å². The summed E-state index contributed by atoms with van der Waals surface area (Å²) < 4.78 is 6.05. The SMILES string of the molecule is BrP(CCCOc1ccccc1)(c1ccccc1)(c1ccccc1)c1ccccc1. The molecular weight excluding hydrogens is 451 g/mol. The van der Waals surface area contributed by atoms with E-state index in [9.17, 15) is 0 Å². The van der Waals surface area contributed by atoms with Crippen molar-refractivity contribution in [3.05, 3.63) is 121 Å². The van der Waals surface area contributed by atoms with E-state index in [-0.39, 0.29) is 0 Å². The van der Waals surface area contributed by atoms with Crippen molar-refractivity contribution in [3.63, 3.8) is 0 Å². The number of para-hydroxylation sites is 1. The standard InChI is InChI=1S/C27H26BrOP/c28-30(25-16-7-2-8-17-25,26-18-9-3-10-19-26,27-20-11-4-12-21-27)23-13-22-29-24-14-5-1-6-15-24/h1-12,14-21H,13,22-23H2. The van der Waals surface area contributed by atoms with E-state index in [0.29, 0.717) is 6.61 Å². The molecule has 3 heteroatoms. The van der Waals surface area contributed by atoms with E-state index in [0.717, 1.165) is 18.3 Å². The second kappa shape index (κ2) is 9.16.